The van der Waals surface area contributed by atoms with Gasteiger partial charge in [0.2, 0.25) is 5.91 Å². The molecule has 0 radical (unpaired) electrons. The molecule has 27 heavy (non-hydrogen) atoms. The zero-order chi connectivity index (χ0) is 20.6. The molecule has 0 rings (SSSR count). The van der Waals surface area contributed by atoms with E-state index in [1.807, 2.05) is 0 Å². The van der Waals surface area contributed by atoms with Crippen molar-refractivity contribution in [2.75, 3.05) is 5.88 Å². The number of hydrogen-bond acceptors (Lipinski definition) is 2. The first kappa shape index (κ1) is 27.4. The Hall–Kier alpha value is -1.81. The van der Waals surface area contributed by atoms with E-state index in [9.17, 15) is 9.59 Å². The minimum Gasteiger partial charge on any atom is -0.481 e. The molecule has 0 aromatic carbocycles. The van der Waals surface area contributed by atoms with Gasteiger partial charge in [-0.25, -0.2) is 0 Å². The molecule has 0 spiro atoms. The van der Waals surface area contributed by atoms with Gasteiger partial charge >= 0.3 is 5.97 Å². The van der Waals surface area contributed by atoms with E-state index >= 15 is 0 Å². The quantitative estimate of drug-likeness (QED) is 0.204. The number of aliphatic carboxylic acids is 1. The van der Waals surface area contributed by atoms with Gasteiger partial charge in [-0.1, -0.05) is 68.4 Å². The lowest BCUT2D eigenvalue weighted by atomic mass is 10.2. The molecule has 0 aromatic rings. The molecule has 1 amide bonds. The number of amides is 1. The Bertz CT molecular complexity index is 468. The second kappa shape index (κ2) is 24.2. The molecule has 0 unspecified atom stereocenters. The Morgan fingerprint density at radius 2 is 1.22 bits per heavy atom. The van der Waals surface area contributed by atoms with E-state index < -0.39 is 11.9 Å². The maximum absolute atomic E-state index is 10.3. The summed E-state index contributed by atoms with van der Waals surface area (Å²) in [6.45, 7) is 2.23. The molecule has 0 aliphatic heterocycles. The Morgan fingerprint density at radius 3 is 1.59 bits per heavy atom. The first-order valence-electron chi connectivity index (χ1n) is 9.70. The van der Waals surface area contributed by atoms with Crippen molar-refractivity contribution in [3.63, 3.8) is 0 Å². The average molecular weight is 398 g/mol. The number of carboxylic acid groups (broad SMARTS) is 1. The van der Waals surface area contributed by atoms with Crippen LogP contribution in [0.15, 0.2) is 48.6 Å². The van der Waals surface area contributed by atoms with E-state index in [0.717, 1.165) is 32.1 Å². The summed E-state index contributed by atoms with van der Waals surface area (Å²) in [5.74, 6) is -1.28. The molecule has 3 N–H and O–H groups in total. The van der Waals surface area contributed by atoms with E-state index in [4.69, 9.17) is 16.7 Å². The van der Waals surface area contributed by atoms with Gasteiger partial charge in [0.15, 0.2) is 0 Å². The number of rotatable bonds is 15. The Labute approximate surface area is 169 Å². The molecular weight excluding hydrogens is 362 g/mol. The summed E-state index contributed by atoms with van der Waals surface area (Å²) in [7, 11) is 0. The molecule has 4 nitrogen and oxygen atoms in total. The van der Waals surface area contributed by atoms with Crippen LogP contribution in [0.25, 0.3) is 0 Å². The molecular formula is C22H36ClNO3. The van der Waals surface area contributed by atoms with Crippen LogP contribution in [-0.4, -0.2) is 22.9 Å². The molecule has 0 fully saturated rings. The summed E-state index contributed by atoms with van der Waals surface area (Å²) >= 11 is 4.86. The molecule has 5 heteroatoms. The van der Waals surface area contributed by atoms with Crippen molar-refractivity contribution in [1.29, 1.82) is 0 Å². The second-order valence-electron chi connectivity index (χ2n) is 5.97. The molecule has 0 aliphatic rings. The fourth-order valence-electron chi connectivity index (χ4n) is 1.93. The Balaban J connectivity index is 0. The van der Waals surface area contributed by atoms with Gasteiger partial charge in [0.25, 0.3) is 0 Å². The van der Waals surface area contributed by atoms with E-state index in [2.05, 4.69) is 61.3 Å². The van der Waals surface area contributed by atoms with E-state index in [1.54, 1.807) is 0 Å². The van der Waals surface area contributed by atoms with Gasteiger partial charge in [0.1, 0.15) is 5.88 Å². The number of unbranched alkanes of at least 4 members (excludes halogenated alkanes) is 4. The first-order chi connectivity index (χ1) is 13.0. The Morgan fingerprint density at radius 1 is 0.815 bits per heavy atom. The number of hydrogen-bond donors (Lipinski definition) is 2. The summed E-state index contributed by atoms with van der Waals surface area (Å²) < 4.78 is 0. The van der Waals surface area contributed by atoms with Crippen molar-refractivity contribution in [3.05, 3.63) is 48.6 Å². The highest BCUT2D eigenvalue weighted by Gasteiger charge is 1.92. The fourth-order valence-corrected chi connectivity index (χ4v) is 1.93. The Kier molecular flexibility index (Phi) is 24.6. The number of halogens is 1. The number of carbonyl (C=O) groups is 2. The van der Waals surface area contributed by atoms with Crippen LogP contribution in [0.1, 0.15) is 71.1 Å². The van der Waals surface area contributed by atoms with E-state index in [-0.39, 0.29) is 12.3 Å². The molecule has 0 heterocycles. The third kappa shape index (κ3) is 32.3. The second-order valence-corrected chi connectivity index (χ2v) is 6.24. The van der Waals surface area contributed by atoms with Crippen LogP contribution in [0.3, 0.4) is 0 Å². The lowest BCUT2D eigenvalue weighted by molar-refractivity contribution is -0.137. The normalized spacial score (nSPS) is 11.5. The predicted molar refractivity (Wildman–Crippen MR) is 116 cm³/mol. The molecule has 154 valence electrons. The van der Waals surface area contributed by atoms with Crippen molar-refractivity contribution in [1.82, 2.24) is 0 Å². The van der Waals surface area contributed by atoms with Gasteiger partial charge in [-0.3, -0.25) is 9.59 Å². The molecule has 0 saturated heterocycles. The summed E-state index contributed by atoms with van der Waals surface area (Å²) in [5, 5.41) is 8.49. The molecule has 0 aliphatic carbocycles. The van der Waals surface area contributed by atoms with Crippen LogP contribution in [0.2, 0.25) is 0 Å². The highest BCUT2D eigenvalue weighted by molar-refractivity contribution is 6.27. The van der Waals surface area contributed by atoms with Crippen LogP contribution in [0.4, 0.5) is 0 Å². The van der Waals surface area contributed by atoms with Crippen molar-refractivity contribution in [2.24, 2.45) is 5.73 Å². The topological polar surface area (TPSA) is 80.4 Å². The first-order valence-corrected chi connectivity index (χ1v) is 10.2. The standard InChI is InChI=1S/C20H32O2.C2H4ClNO/c1-2-3-4-5-6-7-8-9-10-11-12-13-14-15-16-17-18-19-20(21)22;3-1-2(4)5/h6-7,9-10,12-13,15-16H,2-5,8,11,14,17-19H2,1H3,(H,21,22);1H2,(H2,4,5)/b7-6-,10-9-,13-12-,16-15-;. The van der Waals surface area contributed by atoms with E-state index in [0.29, 0.717) is 0 Å². The number of carboxylic acids is 1. The summed E-state index contributed by atoms with van der Waals surface area (Å²) in [6, 6.07) is 0. The zero-order valence-electron chi connectivity index (χ0n) is 16.6. The van der Waals surface area contributed by atoms with Gasteiger partial charge in [0, 0.05) is 6.42 Å². The summed E-state index contributed by atoms with van der Waals surface area (Å²) in [5.41, 5.74) is 4.52. The van der Waals surface area contributed by atoms with Gasteiger partial charge < -0.3 is 10.8 Å². The lowest BCUT2D eigenvalue weighted by Crippen LogP contribution is -2.10. The van der Waals surface area contributed by atoms with Crippen molar-refractivity contribution >= 4 is 23.5 Å². The number of carbonyl (C=O) groups excluding carboxylic acids is 1. The largest absolute Gasteiger partial charge is 0.481 e. The molecule has 0 atom stereocenters. The minimum absolute atomic E-state index is 0.0833. The van der Waals surface area contributed by atoms with Crippen LogP contribution in [0, 0.1) is 0 Å². The van der Waals surface area contributed by atoms with Crippen LogP contribution >= 0.6 is 11.6 Å². The van der Waals surface area contributed by atoms with Crippen LogP contribution < -0.4 is 5.73 Å². The van der Waals surface area contributed by atoms with Crippen molar-refractivity contribution < 1.29 is 14.7 Å². The van der Waals surface area contributed by atoms with Crippen LogP contribution in [0.5, 0.6) is 0 Å². The SMILES string of the molecule is CCCCC/C=C\C/C=C\C/C=C\C/C=C\CCCC(=O)O.NC(=O)CCl. The molecule has 0 aromatic heterocycles. The minimum atomic E-state index is -0.712. The summed E-state index contributed by atoms with van der Waals surface area (Å²) in [6.07, 6.45) is 27.3. The molecule has 0 saturated carbocycles. The van der Waals surface area contributed by atoms with Gasteiger partial charge in [0.05, 0.1) is 0 Å². The van der Waals surface area contributed by atoms with Crippen molar-refractivity contribution in [3.8, 4) is 0 Å². The third-order valence-corrected chi connectivity index (χ3v) is 3.61. The maximum atomic E-state index is 10.3. The van der Waals surface area contributed by atoms with Crippen molar-refractivity contribution in [2.45, 2.75) is 71.1 Å². The molecule has 0 bridgehead atoms. The van der Waals surface area contributed by atoms with Gasteiger partial charge in [-0.15, -0.1) is 11.6 Å². The maximum Gasteiger partial charge on any atom is 0.303 e. The average Bonchev–Trinajstić information content (AvgIpc) is 2.64. The number of primary amides is 1. The third-order valence-electron chi connectivity index (χ3n) is 3.35. The fraction of sp³-hybridized carbons (Fsp3) is 0.545. The monoisotopic (exact) mass is 397 g/mol. The smallest absolute Gasteiger partial charge is 0.303 e. The zero-order valence-corrected chi connectivity index (χ0v) is 17.4. The predicted octanol–water partition coefficient (Wildman–Crippen LogP) is 5.93. The number of nitrogens with two attached hydrogens (primary N) is 1. The van der Waals surface area contributed by atoms with Crippen LogP contribution in [-0.2, 0) is 9.59 Å². The van der Waals surface area contributed by atoms with Gasteiger partial charge in [-0.2, -0.15) is 0 Å². The van der Waals surface area contributed by atoms with E-state index in [1.165, 1.54) is 25.7 Å². The number of alkyl halides is 1. The number of allylic oxidation sites excluding steroid dienone is 8. The highest BCUT2D eigenvalue weighted by Crippen LogP contribution is 2.01. The highest BCUT2D eigenvalue weighted by atomic mass is 35.5. The lowest BCUT2D eigenvalue weighted by Gasteiger charge is -1.90. The van der Waals surface area contributed by atoms with Gasteiger partial charge in [-0.05, 0) is 44.9 Å². The summed E-state index contributed by atoms with van der Waals surface area (Å²) in [4.78, 5) is 19.8.